The molecule has 1 unspecified atom stereocenters. The lowest BCUT2D eigenvalue weighted by Crippen LogP contribution is -2.50. The lowest BCUT2D eigenvalue weighted by molar-refractivity contribution is -0.124. The SMILES string of the molecule is CCCC(C)(C)NC(=O)C(N)CC(C)C. The number of carbonyl (C=O) groups is 1. The van der Waals surface area contributed by atoms with Crippen molar-refractivity contribution >= 4 is 5.91 Å². The summed E-state index contributed by atoms with van der Waals surface area (Å²) in [6, 6.07) is -0.374. The van der Waals surface area contributed by atoms with Crippen LogP contribution in [-0.2, 0) is 4.79 Å². The third-order valence-electron chi connectivity index (χ3n) is 2.40. The van der Waals surface area contributed by atoms with Crippen LogP contribution in [0.4, 0.5) is 0 Å². The van der Waals surface area contributed by atoms with Gasteiger partial charge in [-0.15, -0.1) is 0 Å². The highest BCUT2D eigenvalue weighted by atomic mass is 16.2. The molecule has 0 aliphatic carbocycles. The van der Waals surface area contributed by atoms with Crippen molar-refractivity contribution in [2.24, 2.45) is 11.7 Å². The summed E-state index contributed by atoms with van der Waals surface area (Å²) < 4.78 is 0. The third-order valence-corrected chi connectivity index (χ3v) is 2.40. The normalized spacial score (nSPS) is 14.1. The van der Waals surface area contributed by atoms with Crippen LogP contribution in [0.25, 0.3) is 0 Å². The predicted octanol–water partition coefficient (Wildman–Crippen LogP) is 2.05. The van der Waals surface area contributed by atoms with Gasteiger partial charge in [-0.2, -0.15) is 0 Å². The van der Waals surface area contributed by atoms with E-state index in [4.69, 9.17) is 5.73 Å². The molecule has 0 heterocycles. The number of hydrogen-bond donors (Lipinski definition) is 2. The van der Waals surface area contributed by atoms with E-state index in [1.807, 2.05) is 13.8 Å². The molecular weight excluding hydrogens is 188 g/mol. The Hall–Kier alpha value is -0.570. The molecule has 1 atom stereocenters. The van der Waals surface area contributed by atoms with E-state index in [0.29, 0.717) is 5.92 Å². The van der Waals surface area contributed by atoms with Crippen LogP contribution in [0.2, 0.25) is 0 Å². The van der Waals surface area contributed by atoms with E-state index < -0.39 is 0 Å². The van der Waals surface area contributed by atoms with Crippen LogP contribution in [0, 0.1) is 5.92 Å². The van der Waals surface area contributed by atoms with Crippen molar-refractivity contribution in [3.05, 3.63) is 0 Å². The van der Waals surface area contributed by atoms with Crippen LogP contribution in [0.1, 0.15) is 53.9 Å². The highest BCUT2D eigenvalue weighted by Crippen LogP contribution is 2.11. The van der Waals surface area contributed by atoms with Gasteiger partial charge in [-0.1, -0.05) is 27.2 Å². The number of nitrogens with one attached hydrogen (secondary N) is 1. The fourth-order valence-electron chi connectivity index (χ4n) is 1.73. The highest BCUT2D eigenvalue weighted by molar-refractivity contribution is 5.82. The van der Waals surface area contributed by atoms with Crippen molar-refractivity contribution in [1.29, 1.82) is 0 Å². The van der Waals surface area contributed by atoms with E-state index in [0.717, 1.165) is 19.3 Å². The molecule has 0 aromatic rings. The number of nitrogens with two attached hydrogens (primary N) is 1. The minimum atomic E-state index is -0.374. The van der Waals surface area contributed by atoms with E-state index in [9.17, 15) is 4.79 Å². The fraction of sp³-hybridized carbons (Fsp3) is 0.917. The Kier molecular flexibility index (Phi) is 5.88. The topological polar surface area (TPSA) is 55.1 Å². The summed E-state index contributed by atoms with van der Waals surface area (Å²) in [6.07, 6.45) is 2.79. The van der Waals surface area contributed by atoms with Gasteiger partial charge in [0, 0.05) is 5.54 Å². The maximum Gasteiger partial charge on any atom is 0.237 e. The average molecular weight is 214 g/mol. The third kappa shape index (κ3) is 6.50. The molecule has 90 valence electrons. The van der Waals surface area contributed by atoms with E-state index >= 15 is 0 Å². The average Bonchev–Trinajstić information content (AvgIpc) is 2.01. The molecular formula is C12H26N2O. The Morgan fingerprint density at radius 2 is 1.93 bits per heavy atom. The van der Waals surface area contributed by atoms with Crippen LogP contribution < -0.4 is 11.1 Å². The predicted molar refractivity (Wildman–Crippen MR) is 64.6 cm³/mol. The maximum absolute atomic E-state index is 11.7. The Labute approximate surface area is 93.8 Å². The van der Waals surface area contributed by atoms with Crippen molar-refractivity contribution in [1.82, 2.24) is 5.32 Å². The van der Waals surface area contributed by atoms with Crippen LogP contribution >= 0.6 is 0 Å². The number of carbonyl (C=O) groups excluding carboxylic acids is 1. The van der Waals surface area contributed by atoms with Crippen LogP contribution in [-0.4, -0.2) is 17.5 Å². The lowest BCUT2D eigenvalue weighted by atomic mass is 9.97. The number of hydrogen-bond acceptors (Lipinski definition) is 2. The molecule has 0 aliphatic heterocycles. The molecule has 0 aromatic heterocycles. The first-order valence-electron chi connectivity index (χ1n) is 5.86. The summed E-state index contributed by atoms with van der Waals surface area (Å²) in [4.78, 5) is 11.7. The minimum Gasteiger partial charge on any atom is -0.350 e. The van der Waals surface area contributed by atoms with E-state index in [2.05, 4.69) is 26.1 Å². The van der Waals surface area contributed by atoms with Crippen molar-refractivity contribution in [2.45, 2.75) is 65.5 Å². The zero-order valence-electron chi connectivity index (χ0n) is 10.8. The van der Waals surface area contributed by atoms with Crippen molar-refractivity contribution < 1.29 is 4.79 Å². The molecule has 3 heteroatoms. The summed E-state index contributed by atoms with van der Waals surface area (Å²) in [5, 5.41) is 3.00. The second kappa shape index (κ2) is 6.11. The molecule has 15 heavy (non-hydrogen) atoms. The van der Waals surface area contributed by atoms with Gasteiger partial charge in [-0.25, -0.2) is 0 Å². The quantitative estimate of drug-likeness (QED) is 0.711. The zero-order valence-corrected chi connectivity index (χ0v) is 10.8. The molecule has 1 amide bonds. The molecule has 0 rings (SSSR count). The molecule has 0 radical (unpaired) electrons. The van der Waals surface area contributed by atoms with E-state index in [-0.39, 0.29) is 17.5 Å². The van der Waals surface area contributed by atoms with E-state index in [1.165, 1.54) is 0 Å². The molecule has 0 saturated carbocycles. The smallest absolute Gasteiger partial charge is 0.237 e. The van der Waals surface area contributed by atoms with Gasteiger partial charge in [0.25, 0.3) is 0 Å². The first kappa shape index (κ1) is 14.4. The lowest BCUT2D eigenvalue weighted by Gasteiger charge is -2.27. The number of rotatable bonds is 6. The fourth-order valence-corrected chi connectivity index (χ4v) is 1.73. The molecule has 0 aromatic carbocycles. The van der Waals surface area contributed by atoms with Gasteiger partial charge < -0.3 is 11.1 Å². The summed E-state index contributed by atoms with van der Waals surface area (Å²) in [5.74, 6) is 0.433. The maximum atomic E-state index is 11.7. The summed E-state index contributed by atoms with van der Waals surface area (Å²) in [6.45, 7) is 10.3. The molecule has 0 aliphatic rings. The van der Waals surface area contributed by atoms with Crippen molar-refractivity contribution in [3.63, 3.8) is 0 Å². The molecule has 0 spiro atoms. The summed E-state index contributed by atoms with van der Waals surface area (Å²) >= 11 is 0. The molecule has 3 N–H and O–H groups in total. The molecule has 0 saturated heterocycles. The molecule has 0 fully saturated rings. The minimum absolute atomic E-state index is 0.0258. The monoisotopic (exact) mass is 214 g/mol. The van der Waals surface area contributed by atoms with Gasteiger partial charge in [0.1, 0.15) is 0 Å². The summed E-state index contributed by atoms with van der Waals surface area (Å²) in [5.41, 5.74) is 5.67. The Bertz CT molecular complexity index is 200. The first-order valence-corrected chi connectivity index (χ1v) is 5.86. The molecule has 3 nitrogen and oxygen atoms in total. The second-order valence-electron chi connectivity index (χ2n) is 5.36. The van der Waals surface area contributed by atoms with Crippen LogP contribution in [0.15, 0.2) is 0 Å². The number of amides is 1. The van der Waals surface area contributed by atoms with Gasteiger partial charge in [0.15, 0.2) is 0 Å². The Morgan fingerprint density at radius 3 is 2.33 bits per heavy atom. The Balaban J connectivity index is 4.11. The van der Waals surface area contributed by atoms with E-state index in [1.54, 1.807) is 0 Å². The first-order chi connectivity index (χ1) is 6.78. The van der Waals surface area contributed by atoms with Gasteiger partial charge in [0.05, 0.1) is 6.04 Å². The Morgan fingerprint density at radius 1 is 1.40 bits per heavy atom. The largest absolute Gasteiger partial charge is 0.350 e. The van der Waals surface area contributed by atoms with Crippen molar-refractivity contribution in [2.75, 3.05) is 0 Å². The standard InChI is InChI=1S/C12H26N2O/c1-6-7-12(4,5)14-11(15)10(13)8-9(2)3/h9-10H,6-8,13H2,1-5H3,(H,14,15). The van der Waals surface area contributed by atoms with Crippen LogP contribution in [0.3, 0.4) is 0 Å². The van der Waals surface area contributed by atoms with Gasteiger partial charge in [-0.3, -0.25) is 4.79 Å². The second-order valence-corrected chi connectivity index (χ2v) is 5.36. The van der Waals surface area contributed by atoms with Gasteiger partial charge >= 0.3 is 0 Å². The zero-order chi connectivity index (χ0) is 12.1. The van der Waals surface area contributed by atoms with Crippen molar-refractivity contribution in [3.8, 4) is 0 Å². The highest BCUT2D eigenvalue weighted by Gasteiger charge is 2.23. The van der Waals surface area contributed by atoms with Crippen LogP contribution in [0.5, 0.6) is 0 Å². The van der Waals surface area contributed by atoms with Gasteiger partial charge in [0.2, 0.25) is 5.91 Å². The van der Waals surface area contributed by atoms with Gasteiger partial charge in [-0.05, 0) is 32.6 Å². The summed E-state index contributed by atoms with van der Waals surface area (Å²) in [7, 11) is 0. The molecule has 0 bridgehead atoms.